The first-order chi connectivity index (χ1) is 18.7. The van der Waals surface area contributed by atoms with Crippen molar-refractivity contribution in [2.24, 2.45) is 0 Å². The van der Waals surface area contributed by atoms with Crippen molar-refractivity contribution in [3.63, 3.8) is 0 Å². The highest BCUT2D eigenvalue weighted by molar-refractivity contribution is 5.96. The number of rotatable bonds is 11. The number of carboxylic acids is 1. The molecule has 2 heterocycles. The van der Waals surface area contributed by atoms with Gasteiger partial charge < -0.3 is 29.9 Å². The maximum atomic E-state index is 13.4. The Bertz CT molecular complexity index is 1150. The lowest BCUT2D eigenvalue weighted by Gasteiger charge is -2.35. The van der Waals surface area contributed by atoms with E-state index in [0.717, 1.165) is 12.1 Å². The van der Waals surface area contributed by atoms with Crippen molar-refractivity contribution < 1.29 is 29.0 Å². The van der Waals surface area contributed by atoms with Gasteiger partial charge in [-0.15, -0.1) is 0 Å². The summed E-state index contributed by atoms with van der Waals surface area (Å²) in [5.41, 5.74) is 1.47. The molecule has 1 atom stereocenters. The fraction of sp³-hybridized carbons (Fsp3) is 0.481. The zero-order valence-electron chi connectivity index (χ0n) is 22.6. The summed E-state index contributed by atoms with van der Waals surface area (Å²) >= 11 is 0. The summed E-state index contributed by atoms with van der Waals surface area (Å²) in [4.78, 5) is 64.2. The van der Waals surface area contributed by atoms with Crippen molar-refractivity contribution in [3.8, 4) is 11.4 Å². The lowest BCUT2D eigenvalue weighted by Crippen LogP contribution is -2.56. The first kappa shape index (κ1) is 29.5. The molecule has 3 amide bonds. The van der Waals surface area contributed by atoms with Crippen LogP contribution >= 0.6 is 0 Å². The van der Waals surface area contributed by atoms with E-state index in [4.69, 9.17) is 4.74 Å². The minimum Gasteiger partial charge on any atom is -0.481 e. The quantitative estimate of drug-likeness (QED) is 0.436. The molecule has 0 bridgehead atoms. The van der Waals surface area contributed by atoms with Crippen LogP contribution in [0.3, 0.4) is 0 Å². The number of hydrogen-bond donors (Lipinski definition) is 2. The molecule has 0 spiro atoms. The number of nitrogens with zero attached hydrogens (tertiary/aromatic N) is 5. The van der Waals surface area contributed by atoms with Gasteiger partial charge in [0.05, 0.1) is 12.3 Å². The highest BCUT2D eigenvalue weighted by Gasteiger charge is 2.31. The van der Waals surface area contributed by atoms with E-state index in [0.29, 0.717) is 18.1 Å². The molecule has 0 aliphatic carbocycles. The summed E-state index contributed by atoms with van der Waals surface area (Å²) in [6.45, 7) is 6.32. The van der Waals surface area contributed by atoms with Crippen molar-refractivity contribution in [2.75, 3.05) is 46.4 Å². The van der Waals surface area contributed by atoms with E-state index in [-0.39, 0.29) is 51.3 Å². The van der Waals surface area contributed by atoms with E-state index in [9.17, 15) is 24.3 Å². The van der Waals surface area contributed by atoms with Gasteiger partial charge in [-0.1, -0.05) is 37.3 Å². The Morgan fingerprint density at radius 3 is 2.33 bits per heavy atom. The first-order valence-electron chi connectivity index (χ1n) is 13.1. The standard InChI is InChI=1S/C27H36N6O6/c1-4-31(3)18-20-17-22(29-24(28-20)19-9-7-6-8-10-19)25(36)30-21(11-12-23(34)35)26(37)32-13-15-33(16-14-32)27(38)39-5-2/h6-10,17,21H,4-5,11-16,18H2,1-3H3,(H,30,36)(H,34,35). The fourth-order valence-electron chi connectivity index (χ4n) is 4.10. The van der Waals surface area contributed by atoms with Crippen molar-refractivity contribution in [1.82, 2.24) is 30.0 Å². The first-order valence-corrected chi connectivity index (χ1v) is 13.1. The second kappa shape index (κ2) is 14.2. The van der Waals surface area contributed by atoms with Crippen LogP contribution in [0.25, 0.3) is 11.4 Å². The molecule has 0 saturated carbocycles. The number of amides is 3. The Balaban J connectivity index is 1.81. The van der Waals surface area contributed by atoms with Gasteiger partial charge in [-0.05, 0) is 33.0 Å². The topological polar surface area (TPSA) is 145 Å². The van der Waals surface area contributed by atoms with Crippen LogP contribution in [0.15, 0.2) is 36.4 Å². The third-order valence-electron chi connectivity index (χ3n) is 6.38. The van der Waals surface area contributed by atoms with E-state index in [2.05, 4.69) is 15.3 Å². The molecule has 0 radical (unpaired) electrons. The van der Waals surface area contributed by atoms with E-state index in [1.807, 2.05) is 49.2 Å². The average molecular weight is 541 g/mol. The number of nitrogens with one attached hydrogen (secondary N) is 1. The normalized spacial score (nSPS) is 14.2. The molecule has 1 aromatic heterocycles. The third-order valence-corrected chi connectivity index (χ3v) is 6.38. The van der Waals surface area contributed by atoms with E-state index in [1.165, 1.54) is 9.80 Å². The summed E-state index contributed by atoms with van der Waals surface area (Å²) in [5, 5.41) is 11.9. The minimum absolute atomic E-state index is 0.0833. The molecule has 1 aliphatic rings. The van der Waals surface area contributed by atoms with Crippen LogP contribution in [0.4, 0.5) is 4.79 Å². The molecule has 39 heavy (non-hydrogen) atoms. The number of carboxylic acid groups (broad SMARTS) is 1. The molecule has 1 fully saturated rings. The molecule has 2 aromatic rings. The molecule has 2 N–H and O–H groups in total. The summed E-state index contributed by atoms with van der Waals surface area (Å²) in [5.74, 6) is -1.70. The Hall–Kier alpha value is -4.06. The van der Waals surface area contributed by atoms with E-state index >= 15 is 0 Å². The number of carbonyl (C=O) groups is 4. The van der Waals surface area contributed by atoms with Crippen molar-refractivity contribution in [3.05, 3.63) is 47.8 Å². The number of carbonyl (C=O) groups excluding carboxylic acids is 3. The monoisotopic (exact) mass is 540 g/mol. The van der Waals surface area contributed by atoms with Gasteiger partial charge in [0.2, 0.25) is 5.91 Å². The smallest absolute Gasteiger partial charge is 0.409 e. The number of hydrogen-bond acceptors (Lipinski definition) is 8. The molecule has 3 rings (SSSR count). The molecule has 12 nitrogen and oxygen atoms in total. The van der Waals surface area contributed by atoms with Gasteiger partial charge in [0.25, 0.3) is 5.91 Å². The van der Waals surface area contributed by atoms with E-state index < -0.39 is 29.9 Å². The molecular weight excluding hydrogens is 504 g/mol. The van der Waals surface area contributed by atoms with Crippen LogP contribution in [-0.4, -0.2) is 106 Å². The van der Waals surface area contributed by atoms with Gasteiger partial charge in [0, 0.05) is 44.7 Å². The largest absolute Gasteiger partial charge is 0.481 e. The minimum atomic E-state index is -1.08. The summed E-state index contributed by atoms with van der Waals surface area (Å²) in [7, 11) is 1.94. The van der Waals surface area contributed by atoms with Crippen LogP contribution in [-0.2, 0) is 20.9 Å². The number of benzene rings is 1. The summed E-state index contributed by atoms with van der Waals surface area (Å²) in [6, 6.07) is 9.79. The van der Waals surface area contributed by atoms with E-state index in [1.54, 1.807) is 13.0 Å². The number of aromatic nitrogens is 2. The van der Waals surface area contributed by atoms with Gasteiger partial charge in [0.15, 0.2) is 5.82 Å². The number of ether oxygens (including phenoxy) is 1. The Kier molecular flexibility index (Phi) is 10.7. The molecule has 1 aromatic carbocycles. The summed E-state index contributed by atoms with van der Waals surface area (Å²) in [6.07, 6.45) is -0.826. The van der Waals surface area contributed by atoms with Crippen LogP contribution in [0, 0.1) is 0 Å². The SMILES string of the molecule is CCOC(=O)N1CCN(C(=O)C(CCC(=O)O)NC(=O)c2cc(CN(C)CC)nc(-c3ccccc3)n2)CC1. The lowest BCUT2D eigenvalue weighted by atomic mass is 10.1. The molecule has 1 aliphatic heterocycles. The summed E-state index contributed by atoms with van der Waals surface area (Å²) < 4.78 is 5.02. The Morgan fingerprint density at radius 1 is 1.05 bits per heavy atom. The van der Waals surface area contributed by atoms with Gasteiger partial charge in [-0.25, -0.2) is 14.8 Å². The fourth-order valence-corrected chi connectivity index (χ4v) is 4.10. The Morgan fingerprint density at radius 2 is 1.72 bits per heavy atom. The van der Waals surface area contributed by atoms with Crippen molar-refractivity contribution in [2.45, 2.75) is 39.3 Å². The van der Waals surface area contributed by atoms with Crippen LogP contribution in [0.1, 0.15) is 42.9 Å². The maximum absolute atomic E-state index is 13.4. The second-order valence-corrected chi connectivity index (χ2v) is 9.23. The lowest BCUT2D eigenvalue weighted by molar-refractivity contribution is -0.138. The van der Waals surface area contributed by atoms with Crippen LogP contribution in [0.5, 0.6) is 0 Å². The maximum Gasteiger partial charge on any atom is 0.409 e. The third kappa shape index (κ3) is 8.47. The second-order valence-electron chi connectivity index (χ2n) is 9.23. The van der Waals surface area contributed by atoms with Crippen molar-refractivity contribution in [1.29, 1.82) is 0 Å². The average Bonchev–Trinajstić information content (AvgIpc) is 2.95. The molecule has 210 valence electrons. The number of aliphatic carboxylic acids is 1. The predicted molar refractivity (Wildman–Crippen MR) is 143 cm³/mol. The molecule has 12 heteroatoms. The molecule has 1 unspecified atom stereocenters. The zero-order valence-corrected chi connectivity index (χ0v) is 22.6. The molecule has 1 saturated heterocycles. The number of piperazine rings is 1. The van der Waals surface area contributed by atoms with Gasteiger partial charge in [0.1, 0.15) is 11.7 Å². The van der Waals surface area contributed by atoms with Crippen molar-refractivity contribution >= 4 is 23.9 Å². The van der Waals surface area contributed by atoms with Gasteiger partial charge in [-0.3, -0.25) is 14.4 Å². The zero-order chi connectivity index (χ0) is 28.4. The molecular formula is C27H36N6O6. The van der Waals surface area contributed by atoms with Gasteiger partial charge >= 0.3 is 12.1 Å². The highest BCUT2D eigenvalue weighted by Crippen LogP contribution is 2.17. The van der Waals surface area contributed by atoms with Crippen LogP contribution in [0.2, 0.25) is 0 Å². The predicted octanol–water partition coefficient (Wildman–Crippen LogP) is 1.86. The van der Waals surface area contributed by atoms with Gasteiger partial charge in [-0.2, -0.15) is 0 Å². The van der Waals surface area contributed by atoms with Crippen LogP contribution < -0.4 is 5.32 Å². The highest BCUT2D eigenvalue weighted by atomic mass is 16.6. The Labute approximate surface area is 228 Å².